The Kier molecular flexibility index (Phi) is 2.40. The molecule has 0 radical (unpaired) electrons. The summed E-state index contributed by atoms with van der Waals surface area (Å²) in [4.78, 5) is 8.13. The quantitative estimate of drug-likeness (QED) is 0.801. The van der Waals surface area contributed by atoms with Crippen molar-refractivity contribution in [2.75, 3.05) is 0 Å². The number of hydrogen-bond donors (Lipinski definition) is 1. The van der Waals surface area contributed by atoms with Gasteiger partial charge in [0, 0.05) is 5.92 Å². The van der Waals surface area contributed by atoms with E-state index in [9.17, 15) is 0 Å². The molecule has 1 heterocycles. The number of aromatic amines is 1. The van der Waals surface area contributed by atoms with Crippen molar-refractivity contribution < 1.29 is 0 Å². The summed E-state index contributed by atoms with van der Waals surface area (Å²) >= 11 is 12.1. The van der Waals surface area contributed by atoms with E-state index in [-0.39, 0.29) is 0 Å². The fraction of sp³-hybridized carbons (Fsp3) is 0.500. The molecule has 0 aliphatic heterocycles. The van der Waals surface area contributed by atoms with Crippen molar-refractivity contribution in [3.8, 4) is 0 Å². The molecule has 0 saturated heterocycles. The van der Waals surface area contributed by atoms with Crippen LogP contribution in [-0.4, -0.2) is 9.97 Å². The van der Waals surface area contributed by atoms with Gasteiger partial charge in [-0.3, -0.25) is 0 Å². The van der Waals surface area contributed by atoms with Crippen LogP contribution >= 0.6 is 23.2 Å². The molecule has 0 amide bonds. The van der Waals surface area contributed by atoms with E-state index < -0.39 is 0 Å². The molecule has 1 N–H and O–H groups in total. The lowest BCUT2D eigenvalue weighted by Crippen LogP contribution is -1.91. The maximum atomic E-state index is 6.03. The summed E-state index contributed by atoms with van der Waals surface area (Å²) in [6.45, 7) is 0. The molecule has 94 valence electrons. The van der Waals surface area contributed by atoms with E-state index in [0.717, 1.165) is 28.7 Å². The number of hydrogen-bond acceptors (Lipinski definition) is 1. The first-order valence-electron chi connectivity index (χ1n) is 6.59. The van der Waals surface area contributed by atoms with Crippen LogP contribution in [0.15, 0.2) is 12.1 Å². The Morgan fingerprint density at radius 3 is 2.44 bits per heavy atom. The number of H-pyrrole nitrogens is 1. The van der Waals surface area contributed by atoms with E-state index in [1.807, 2.05) is 12.1 Å². The lowest BCUT2D eigenvalue weighted by Gasteiger charge is -2.04. The summed E-state index contributed by atoms with van der Waals surface area (Å²) < 4.78 is 0. The molecule has 2 aromatic rings. The van der Waals surface area contributed by atoms with E-state index in [0.29, 0.717) is 16.0 Å². The smallest absolute Gasteiger partial charge is 0.110 e. The number of nitrogens with one attached hydrogen (secondary N) is 1. The molecule has 4 heteroatoms. The Morgan fingerprint density at radius 1 is 1.06 bits per heavy atom. The molecule has 2 aliphatic carbocycles. The van der Waals surface area contributed by atoms with E-state index in [1.165, 1.54) is 25.7 Å². The molecule has 0 bridgehead atoms. The summed E-state index contributed by atoms with van der Waals surface area (Å²) in [5.41, 5.74) is 1.94. The van der Waals surface area contributed by atoms with Crippen molar-refractivity contribution >= 4 is 34.2 Å². The van der Waals surface area contributed by atoms with Crippen molar-refractivity contribution in [2.24, 2.45) is 11.8 Å². The van der Waals surface area contributed by atoms with Crippen molar-refractivity contribution in [2.45, 2.75) is 31.6 Å². The highest BCUT2D eigenvalue weighted by Gasteiger charge is 2.52. The second-order valence-electron chi connectivity index (χ2n) is 5.54. The SMILES string of the molecule is Clc1cc2nc(C3C4CCCCC43)[nH]c2cc1Cl. The van der Waals surface area contributed by atoms with Crippen molar-refractivity contribution in [1.29, 1.82) is 0 Å². The molecular weight excluding hydrogens is 267 g/mol. The van der Waals surface area contributed by atoms with Crippen LogP contribution in [0.5, 0.6) is 0 Å². The number of benzene rings is 1. The normalized spacial score (nSPS) is 30.4. The van der Waals surface area contributed by atoms with Crippen LogP contribution in [-0.2, 0) is 0 Å². The van der Waals surface area contributed by atoms with Crippen LogP contribution in [0.3, 0.4) is 0 Å². The van der Waals surface area contributed by atoms with Gasteiger partial charge in [0.15, 0.2) is 0 Å². The average Bonchev–Trinajstić information content (AvgIpc) is 2.97. The lowest BCUT2D eigenvalue weighted by molar-refractivity contribution is 0.480. The zero-order chi connectivity index (χ0) is 12.3. The standard InChI is InChI=1S/C14H14Cl2N2/c15-9-5-11-12(6-10(9)16)18-14(17-11)13-7-3-1-2-4-8(7)13/h5-8,13H,1-4H2,(H,17,18). The van der Waals surface area contributed by atoms with Gasteiger partial charge in [-0.2, -0.15) is 0 Å². The van der Waals surface area contributed by atoms with E-state index in [2.05, 4.69) is 4.98 Å². The van der Waals surface area contributed by atoms with Gasteiger partial charge in [0.25, 0.3) is 0 Å². The second kappa shape index (κ2) is 3.88. The highest BCUT2D eigenvalue weighted by atomic mass is 35.5. The molecule has 2 saturated carbocycles. The number of halogens is 2. The lowest BCUT2D eigenvalue weighted by atomic mass is 10.0. The molecule has 0 spiro atoms. The van der Waals surface area contributed by atoms with E-state index in [1.54, 1.807) is 0 Å². The third-order valence-electron chi connectivity index (χ3n) is 4.51. The van der Waals surface area contributed by atoms with Crippen LogP contribution < -0.4 is 0 Å². The molecule has 2 nitrogen and oxygen atoms in total. The molecule has 2 atom stereocenters. The van der Waals surface area contributed by atoms with E-state index in [4.69, 9.17) is 28.2 Å². The zero-order valence-electron chi connectivity index (χ0n) is 9.92. The van der Waals surface area contributed by atoms with Gasteiger partial charge in [0.1, 0.15) is 5.82 Å². The van der Waals surface area contributed by atoms with Gasteiger partial charge in [-0.25, -0.2) is 4.98 Å². The molecular formula is C14H14Cl2N2. The first-order chi connectivity index (χ1) is 8.74. The van der Waals surface area contributed by atoms with Crippen molar-refractivity contribution in [3.05, 3.63) is 28.0 Å². The molecule has 2 aliphatic rings. The van der Waals surface area contributed by atoms with Crippen LogP contribution in [0.4, 0.5) is 0 Å². The van der Waals surface area contributed by atoms with Gasteiger partial charge in [-0.05, 0) is 36.8 Å². The Bertz CT molecular complexity index is 569. The summed E-state index contributed by atoms with van der Waals surface area (Å²) in [5.74, 6) is 3.52. The van der Waals surface area contributed by atoms with Crippen LogP contribution in [0.1, 0.15) is 37.4 Å². The predicted molar refractivity (Wildman–Crippen MR) is 74.3 cm³/mol. The highest BCUT2D eigenvalue weighted by Crippen LogP contribution is 2.60. The number of fused-ring (bicyclic) bond motifs is 2. The molecule has 2 fully saturated rings. The second-order valence-corrected chi connectivity index (χ2v) is 6.36. The molecule has 1 aromatic heterocycles. The predicted octanol–water partition coefficient (Wildman–Crippen LogP) is 4.77. The maximum Gasteiger partial charge on any atom is 0.110 e. The van der Waals surface area contributed by atoms with Crippen molar-refractivity contribution in [3.63, 3.8) is 0 Å². The fourth-order valence-corrected chi connectivity index (χ4v) is 3.90. The highest BCUT2D eigenvalue weighted by molar-refractivity contribution is 6.42. The van der Waals surface area contributed by atoms with Crippen molar-refractivity contribution in [1.82, 2.24) is 9.97 Å². The first-order valence-corrected chi connectivity index (χ1v) is 7.34. The third-order valence-corrected chi connectivity index (χ3v) is 5.24. The Morgan fingerprint density at radius 2 is 1.72 bits per heavy atom. The number of aromatic nitrogens is 2. The van der Waals surface area contributed by atoms with Gasteiger partial charge in [0.05, 0.1) is 21.1 Å². The van der Waals surface area contributed by atoms with Crippen LogP contribution in [0.2, 0.25) is 10.0 Å². The minimum absolute atomic E-state index is 0.579. The summed E-state index contributed by atoms with van der Waals surface area (Å²) in [7, 11) is 0. The molecule has 18 heavy (non-hydrogen) atoms. The van der Waals surface area contributed by atoms with Crippen LogP contribution in [0.25, 0.3) is 11.0 Å². The van der Waals surface area contributed by atoms with Gasteiger partial charge in [0.2, 0.25) is 0 Å². The topological polar surface area (TPSA) is 28.7 Å². The minimum atomic E-state index is 0.579. The summed E-state index contributed by atoms with van der Waals surface area (Å²) in [6, 6.07) is 3.73. The van der Waals surface area contributed by atoms with Crippen LogP contribution in [0, 0.1) is 11.8 Å². The number of nitrogens with zero attached hydrogens (tertiary/aromatic N) is 1. The fourth-order valence-electron chi connectivity index (χ4n) is 3.58. The Balaban J connectivity index is 1.74. The molecule has 1 aromatic carbocycles. The largest absolute Gasteiger partial charge is 0.342 e. The monoisotopic (exact) mass is 280 g/mol. The Hall–Kier alpha value is -0.730. The zero-order valence-corrected chi connectivity index (χ0v) is 11.4. The first kappa shape index (κ1) is 11.1. The van der Waals surface area contributed by atoms with E-state index >= 15 is 0 Å². The number of rotatable bonds is 1. The van der Waals surface area contributed by atoms with Gasteiger partial charge in [-0.15, -0.1) is 0 Å². The minimum Gasteiger partial charge on any atom is -0.342 e. The number of imidazole rings is 1. The van der Waals surface area contributed by atoms with Gasteiger partial charge in [-0.1, -0.05) is 36.0 Å². The third kappa shape index (κ3) is 1.59. The maximum absolute atomic E-state index is 6.03. The summed E-state index contributed by atoms with van der Waals surface area (Å²) in [5, 5.41) is 1.17. The van der Waals surface area contributed by atoms with Gasteiger partial charge >= 0.3 is 0 Å². The average molecular weight is 281 g/mol. The molecule has 4 rings (SSSR count). The summed E-state index contributed by atoms with van der Waals surface area (Å²) in [6.07, 6.45) is 5.51. The van der Waals surface area contributed by atoms with Gasteiger partial charge < -0.3 is 4.98 Å². The molecule has 2 unspecified atom stereocenters. The Labute approximate surface area is 116 Å².